The van der Waals surface area contributed by atoms with Crippen LogP contribution in [0.4, 0.5) is 11.4 Å². The molecule has 0 saturated heterocycles. The van der Waals surface area contributed by atoms with Gasteiger partial charge in [0.1, 0.15) is 0 Å². The molecule has 1 heteroatoms. The molecule has 5 aliphatic carbocycles. The van der Waals surface area contributed by atoms with Gasteiger partial charge in [0.2, 0.25) is 0 Å². The molecule has 0 aliphatic heterocycles. The molecule has 12 rings (SSSR count). The van der Waals surface area contributed by atoms with Crippen LogP contribution in [0.25, 0.3) is 39.6 Å². The van der Waals surface area contributed by atoms with Gasteiger partial charge in [0.25, 0.3) is 0 Å². The molecule has 0 heterocycles. The number of allylic oxidation sites excluding steroid dienone is 16. The Labute approximate surface area is 427 Å². The Morgan fingerprint density at radius 1 is 0.556 bits per heavy atom. The lowest BCUT2D eigenvalue weighted by Crippen LogP contribution is -2.29. The lowest BCUT2D eigenvalue weighted by molar-refractivity contribution is 0.728. The second-order valence-electron chi connectivity index (χ2n) is 20.3. The lowest BCUT2D eigenvalue weighted by Gasteiger charge is -2.34. The predicted octanol–water partition coefficient (Wildman–Crippen LogP) is 18.3. The summed E-state index contributed by atoms with van der Waals surface area (Å²) in [5, 5.41) is 2.49. The van der Waals surface area contributed by atoms with Crippen molar-refractivity contribution in [3.05, 3.63) is 303 Å². The third-order valence-electron chi connectivity index (χ3n) is 16.6. The molecule has 0 aromatic heterocycles. The highest BCUT2D eigenvalue weighted by Gasteiger charge is 2.54. The molecule has 5 aliphatic rings. The number of rotatable bonds is 9. The molecule has 1 spiro atoms. The highest BCUT2D eigenvalue weighted by atomic mass is 15.1. The van der Waals surface area contributed by atoms with E-state index in [0.29, 0.717) is 11.8 Å². The number of benzene rings is 7. The van der Waals surface area contributed by atoms with Gasteiger partial charge < -0.3 is 4.90 Å². The summed E-state index contributed by atoms with van der Waals surface area (Å²) in [5.41, 5.74) is 24.6. The maximum Gasteiger partial charge on any atom is 0.0722 e. The smallest absolute Gasteiger partial charge is 0.0722 e. The number of hydrogen-bond donors (Lipinski definition) is 0. The van der Waals surface area contributed by atoms with E-state index < -0.39 is 10.8 Å². The molecule has 3 unspecified atom stereocenters. The van der Waals surface area contributed by atoms with E-state index in [9.17, 15) is 0 Å². The van der Waals surface area contributed by atoms with Gasteiger partial charge in [0.05, 0.1) is 10.8 Å². The van der Waals surface area contributed by atoms with E-state index in [0.717, 1.165) is 23.4 Å². The second-order valence-corrected chi connectivity index (χ2v) is 20.3. The van der Waals surface area contributed by atoms with E-state index in [1.807, 2.05) is 0 Å². The SMILES string of the molecule is C=CC1=C(/C=C\N(c2ccc3c(c2)C2(C4=C(C=CC(C)C=C4)c4ccccc42)C2=C3C(C)CC=C2)c2ccc3c(/C=C\C)c(C)c(C)c(/C=C\C)c3c2)c2ccccc2C1(c1ccccc1)c1ccccc1. The van der Waals surface area contributed by atoms with Gasteiger partial charge in [-0.05, 0) is 187 Å². The molecule has 7 aromatic carbocycles. The summed E-state index contributed by atoms with van der Waals surface area (Å²) < 4.78 is 0. The van der Waals surface area contributed by atoms with Crippen molar-refractivity contribution in [2.75, 3.05) is 4.90 Å². The van der Waals surface area contributed by atoms with Crippen molar-refractivity contribution in [3.63, 3.8) is 0 Å². The van der Waals surface area contributed by atoms with Crippen LogP contribution in [-0.4, -0.2) is 0 Å². The Morgan fingerprint density at radius 3 is 1.83 bits per heavy atom. The molecule has 0 N–H and O–H groups in total. The second kappa shape index (κ2) is 17.7. The maximum atomic E-state index is 4.61. The van der Waals surface area contributed by atoms with Gasteiger partial charge in [-0.15, -0.1) is 0 Å². The minimum atomic E-state index is -0.567. The van der Waals surface area contributed by atoms with Gasteiger partial charge in [0, 0.05) is 17.6 Å². The molecule has 72 heavy (non-hydrogen) atoms. The Kier molecular flexibility index (Phi) is 11.1. The molecule has 0 bridgehead atoms. The van der Waals surface area contributed by atoms with Crippen LogP contribution in [-0.2, 0) is 10.8 Å². The quantitative estimate of drug-likeness (QED) is 0.139. The van der Waals surface area contributed by atoms with E-state index in [2.05, 4.69) is 278 Å². The van der Waals surface area contributed by atoms with Crippen molar-refractivity contribution in [1.82, 2.24) is 0 Å². The first kappa shape index (κ1) is 45.2. The highest BCUT2D eigenvalue weighted by molar-refractivity contribution is 6.03. The van der Waals surface area contributed by atoms with E-state index >= 15 is 0 Å². The number of nitrogens with zero attached hydrogens (tertiary/aromatic N) is 1. The van der Waals surface area contributed by atoms with Gasteiger partial charge in [-0.3, -0.25) is 0 Å². The fraction of sp³-hybridized carbons (Fsp3) is 0.155. The molecule has 1 nitrogen and oxygen atoms in total. The molecule has 350 valence electrons. The van der Waals surface area contributed by atoms with Crippen molar-refractivity contribution < 1.29 is 0 Å². The normalized spacial score (nSPS) is 20.3. The summed E-state index contributed by atoms with van der Waals surface area (Å²) >= 11 is 0. The molecule has 0 fully saturated rings. The Balaban J connectivity index is 1.14. The van der Waals surface area contributed by atoms with Crippen molar-refractivity contribution >= 4 is 51.0 Å². The fourth-order valence-corrected chi connectivity index (χ4v) is 13.4. The zero-order valence-electron chi connectivity index (χ0n) is 42.4. The van der Waals surface area contributed by atoms with Crippen molar-refractivity contribution in [3.8, 4) is 0 Å². The van der Waals surface area contributed by atoms with Crippen molar-refractivity contribution in [2.45, 2.75) is 58.8 Å². The summed E-state index contributed by atoms with van der Waals surface area (Å²) in [4.78, 5) is 2.45. The van der Waals surface area contributed by atoms with Crippen LogP contribution in [0.1, 0.15) is 101 Å². The third kappa shape index (κ3) is 6.46. The summed E-state index contributed by atoms with van der Waals surface area (Å²) in [6.07, 6.45) is 31.3. The number of anilines is 2. The number of fused-ring (bicyclic) bond motifs is 10. The molecule has 0 saturated carbocycles. The molecular formula is C71H61N. The average Bonchev–Trinajstić information content (AvgIpc) is 3.93. The molecule has 3 atom stereocenters. The molecule has 0 radical (unpaired) electrons. The van der Waals surface area contributed by atoms with Gasteiger partial charge in [-0.25, -0.2) is 0 Å². The summed E-state index contributed by atoms with van der Waals surface area (Å²) in [6.45, 7) is 18.1. The van der Waals surface area contributed by atoms with Crippen LogP contribution in [0.5, 0.6) is 0 Å². The molecule has 0 amide bonds. The van der Waals surface area contributed by atoms with E-state index in [-0.39, 0.29) is 0 Å². The standard InChI is InChI=1S/C71H61N/c1-8-22-54-48(6)49(7)55(23-9-2)62-44-52(36-39-56(54)62)72(43-42-60-58-30-17-19-31-64(58)70(63(60)10-3,50-25-13-11-14-26-50)51-27-15-12-16-28-51)53-37-40-61-68(45-53)71(67-33-21-24-47(5)69(61)67)65-32-20-18-29-57(65)59-38-34-46(4)35-41-66(59)71/h8-23,25-47H,3,24H2,1-2,4-7H3/b22-8-,23-9-,43-42-. The van der Waals surface area contributed by atoms with Crippen molar-refractivity contribution in [2.24, 2.45) is 11.8 Å². The van der Waals surface area contributed by atoms with Gasteiger partial charge in [-0.1, -0.05) is 209 Å². The predicted molar refractivity (Wildman–Crippen MR) is 308 cm³/mol. The molecular weight excluding hydrogens is 867 g/mol. The Hall–Kier alpha value is -8.00. The topological polar surface area (TPSA) is 3.24 Å². The summed E-state index contributed by atoms with van der Waals surface area (Å²) in [7, 11) is 0. The summed E-state index contributed by atoms with van der Waals surface area (Å²) in [6, 6.07) is 54.7. The molecule has 7 aromatic rings. The first-order valence-corrected chi connectivity index (χ1v) is 25.9. The van der Waals surface area contributed by atoms with Gasteiger partial charge >= 0.3 is 0 Å². The van der Waals surface area contributed by atoms with Crippen molar-refractivity contribution in [1.29, 1.82) is 0 Å². The minimum Gasteiger partial charge on any atom is -0.317 e. The van der Waals surface area contributed by atoms with Crippen LogP contribution in [0.3, 0.4) is 0 Å². The van der Waals surface area contributed by atoms with Crippen LogP contribution < -0.4 is 4.90 Å². The van der Waals surface area contributed by atoms with Gasteiger partial charge in [-0.2, -0.15) is 0 Å². The fourth-order valence-electron chi connectivity index (χ4n) is 13.4. The monoisotopic (exact) mass is 927 g/mol. The van der Waals surface area contributed by atoms with Crippen LogP contribution in [0, 0.1) is 25.7 Å². The van der Waals surface area contributed by atoms with Crippen LogP contribution >= 0.6 is 0 Å². The van der Waals surface area contributed by atoms with E-state index in [1.165, 1.54) is 105 Å². The minimum absolute atomic E-state index is 0.334. The highest BCUT2D eigenvalue weighted by Crippen LogP contribution is 2.64. The van der Waals surface area contributed by atoms with Crippen LogP contribution in [0.2, 0.25) is 0 Å². The largest absolute Gasteiger partial charge is 0.317 e. The van der Waals surface area contributed by atoms with Gasteiger partial charge in [0.15, 0.2) is 0 Å². The maximum absolute atomic E-state index is 4.61. The number of hydrogen-bond acceptors (Lipinski definition) is 1. The lowest BCUT2D eigenvalue weighted by atomic mass is 9.67. The first-order chi connectivity index (χ1) is 35.3. The Morgan fingerprint density at radius 2 is 1.15 bits per heavy atom. The first-order valence-electron chi connectivity index (χ1n) is 25.9. The van der Waals surface area contributed by atoms with E-state index in [1.54, 1.807) is 0 Å². The summed E-state index contributed by atoms with van der Waals surface area (Å²) in [5.74, 6) is 0.719. The average molecular weight is 928 g/mol. The zero-order valence-corrected chi connectivity index (χ0v) is 42.4. The third-order valence-corrected chi connectivity index (χ3v) is 16.6. The van der Waals surface area contributed by atoms with Crippen LogP contribution in [0.15, 0.2) is 236 Å². The Bertz CT molecular complexity index is 3650. The zero-order chi connectivity index (χ0) is 49.3. The van der Waals surface area contributed by atoms with E-state index in [4.69, 9.17) is 0 Å².